The van der Waals surface area contributed by atoms with Crippen LogP contribution in [0, 0.1) is 0 Å². The molecule has 50 valence electrons. The van der Waals surface area contributed by atoms with Crippen molar-refractivity contribution in [3.8, 4) is 0 Å². The molecule has 4 N–H and O–H groups in total. The van der Waals surface area contributed by atoms with E-state index in [0.29, 0.717) is 0 Å². The van der Waals surface area contributed by atoms with E-state index in [-0.39, 0.29) is 18.4 Å². The zero-order valence-electron chi connectivity index (χ0n) is 4.77. The molecule has 2 amide bonds. The van der Waals surface area contributed by atoms with E-state index in [1.807, 2.05) is 0 Å². The SMILES string of the molecule is O=C1N[C@H]2NCN[C@@H]2N1. The molecule has 2 aliphatic heterocycles. The monoisotopic (exact) mass is 128 g/mol. The van der Waals surface area contributed by atoms with Crippen molar-refractivity contribution in [1.29, 1.82) is 0 Å². The molecule has 0 aromatic rings. The Hall–Kier alpha value is -0.810. The van der Waals surface area contributed by atoms with E-state index in [4.69, 9.17) is 0 Å². The van der Waals surface area contributed by atoms with Gasteiger partial charge in [0.1, 0.15) is 12.3 Å². The van der Waals surface area contributed by atoms with Crippen molar-refractivity contribution in [2.75, 3.05) is 6.67 Å². The minimum Gasteiger partial charge on any atom is -0.319 e. The van der Waals surface area contributed by atoms with Crippen molar-refractivity contribution in [1.82, 2.24) is 21.3 Å². The molecule has 5 heteroatoms. The van der Waals surface area contributed by atoms with Crippen LogP contribution >= 0.6 is 0 Å². The molecule has 0 aliphatic carbocycles. The van der Waals surface area contributed by atoms with E-state index >= 15 is 0 Å². The number of fused-ring (bicyclic) bond motifs is 1. The van der Waals surface area contributed by atoms with Gasteiger partial charge in [-0.25, -0.2) is 4.79 Å². The van der Waals surface area contributed by atoms with Gasteiger partial charge in [-0.05, 0) is 0 Å². The van der Waals surface area contributed by atoms with Crippen LogP contribution in [0.5, 0.6) is 0 Å². The Morgan fingerprint density at radius 3 is 2.33 bits per heavy atom. The summed E-state index contributed by atoms with van der Waals surface area (Å²) in [4.78, 5) is 10.6. The van der Waals surface area contributed by atoms with Crippen LogP contribution in [0.25, 0.3) is 0 Å². The van der Waals surface area contributed by atoms with Gasteiger partial charge in [-0.15, -0.1) is 0 Å². The number of amides is 2. The van der Waals surface area contributed by atoms with Crippen LogP contribution in [0.4, 0.5) is 4.79 Å². The summed E-state index contributed by atoms with van der Waals surface area (Å²) in [5.74, 6) is 0. The minimum absolute atomic E-state index is 0.0810. The Bertz CT molecular complexity index is 134. The second kappa shape index (κ2) is 1.58. The summed E-state index contributed by atoms with van der Waals surface area (Å²) in [6.07, 6.45) is 0.162. The predicted molar refractivity (Wildman–Crippen MR) is 30.4 cm³/mol. The van der Waals surface area contributed by atoms with Gasteiger partial charge >= 0.3 is 6.03 Å². The largest absolute Gasteiger partial charge is 0.319 e. The molecule has 0 saturated carbocycles. The van der Waals surface area contributed by atoms with Crippen LogP contribution in [0.1, 0.15) is 0 Å². The summed E-state index contributed by atoms with van der Waals surface area (Å²) in [6, 6.07) is -0.107. The van der Waals surface area contributed by atoms with Crippen molar-refractivity contribution in [2.45, 2.75) is 12.3 Å². The molecule has 2 rings (SSSR count). The standard InChI is InChI=1S/C4H8N4O/c9-4-7-2-3(8-4)6-1-5-2/h2-3,5-6H,1H2,(H2,7,8,9)/t2-,3-/m1/s1. The van der Waals surface area contributed by atoms with Crippen molar-refractivity contribution in [3.63, 3.8) is 0 Å². The topological polar surface area (TPSA) is 65.2 Å². The van der Waals surface area contributed by atoms with E-state index in [1.54, 1.807) is 0 Å². The summed E-state index contributed by atoms with van der Waals surface area (Å²) in [7, 11) is 0. The third kappa shape index (κ3) is 0.655. The van der Waals surface area contributed by atoms with E-state index in [0.717, 1.165) is 6.67 Å². The quantitative estimate of drug-likeness (QED) is 0.308. The number of hydrogen-bond donors (Lipinski definition) is 4. The van der Waals surface area contributed by atoms with Gasteiger partial charge in [-0.1, -0.05) is 0 Å². The van der Waals surface area contributed by atoms with Gasteiger partial charge in [-0.3, -0.25) is 10.6 Å². The van der Waals surface area contributed by atoms with Crippen molar-refractivity contribution >= 4 is 6.03 Å². The summed E-state index contributed by atoms with van der Waals surface area (Å²) < 4.78 is 0. The number of carbonyl (C=O) groups excluding carboxylic acids is 1. The molecule has 0 unspecified atom stereocenters. The van der Waals surface area contributed by atoms with Gasteiger partial charge in [0.2, 0.25) is 0 Å². The minimum atomic E-state index is -0.107. The molecule has 0 spiro atoms. The van der Waals surface area contributed by atoms with E-state index in [9.17, 15) is 4.79 Å². The summed E-state index contributed by atoms with van der Waals surface area (Å²) >= 11 is 0. The number of nitrogens with one attached hydrogen (secondary N) is 4. The van der Waals surface area contributed by atoms with Crippen molar-refractivity contribution in [2.24, 2.45) is 0 Å². The highest BCUT2D eigenvalue weighted by Crippen LogP contribution is 1.98. The Kier molecular flexibility index (Phi) is 0.882. The number of rotatable bonds is 0. The molecule has 0 aromatic heterocycles. The second-order valence-corrected chi connectivity index (χ2v) is 2.16. The molecule has 0 aromatic carbocycles. The highest BCUT2D eigenvalue weighted by Gasteiger charge is 2.34. The lowest BCUT2D eigenvalue weighted by molar-refractivity contribution is 0.245. The maximum absolute atomic E-state index is 10.6. The second-order valence-electron chi connectivity index (χ2n) is 2.16. The van der Waals surface area contributed by atoms with Crippen LogP contribution in [-0.2, 0) is 0 Å². The van der Waals surface area contributed by atoms with Gasteiger partial charge in [0.05, 0.1) is 0 Å². The highest BCUT2D eigenvalue weighted by atomic mass is 16.2. The summed E-state index contributed by atoms with van der Waals surface area (Å²) in [6.45, 7) is 0.753. The molecule has 2 atom stereocenters. The van der Waals surface area contributed by atoms with Crippen LogP contribution in [-0.4, -0.2) is 25.0 Å². The molecule has 2 saturated heterocycles. The highest BCUT2D eigenvalue weighted by molar-refractivity contribution is 5.77. The van der Waals surface area contributed by atoms with Gasteiger partial charge in [0.15, 0.2) is 0 Å². The normalized spacial score (nSPS) is 39.8. The number of urea groups is 1. The maximum atomic E-state index is 10.6. The van der Waals surface area contributed by atoms with Crippen molar-refractivity contribution < 1.29 is 4.79 Å². The molecule has 2 heterocycles. The lowest BCUT2D eigenvalue weighted by Gasteiger charge is -2.04. The Morgan fingerprint density at radius 1 is 1.22 bits per heavy atom. The first-order chi connectivity index (χ1) is 4.36. The molecule has 0 bridgehead atoms. The van der Waals surface area contributed by atoms with Crippen LogP contribution in [0.2, 0.25) is 0 Å². The first-order valence-electron chi connectivity index (χ1n) is 2.90. The van der Waals surface area contributed by atoms with Crippen LogP contribution in [0.3, 0.4) is 0 Å². The summed E-state index contributed by atoms with van der Waals surface area (Å²) in [5, 5.41) is 11.5. The molecule has 0 radical (unpaired) electrons. The fourth-order valence-electron chi connectivity index (χ4n) is 1.11. The molecular formula is C4H8N4O. The van der Waals surface area contributed by atoms with E-state index in [1.165, 1.54) is 0 Å². The van der Waals surface area contributed by atoms with E-state index < -0.39 is 0 Å². The van der Waals surface area contributed by atoms with Crippen LogP contribution < -0.4 is 21.3 Å². The van der Waals surface area contributed by atoms with Gasteiger partial charge in [-0.2, -0.15) is 0 Å². The zero-order chi connectivity index (χ0) is 6.27. The fraction of sp³-hybridized carbons (Fsp3) is 0.750. The van der Waals surface area contributed by atoms with Gasteiger partial charge in [0, 0.05) is 6.67 Å². The third-order valence-electron chi connectivity index (χ3n) is 1.55. The average molecular weight is 128 g/mol. The van der Waals surface area contributed by atoms with E-state index in [2.05, 4.69) is 21.3 Å². The Balaban J connectivity index is 2.09. The lowest BCUT2D eigenvalue weighted by atomic mass is 10.4. The Labute approximate surface area is 52.2 Å². The molecule has 9 heavy (non-hydrogen) atoms. The fourth-order valence-corrected chi connectivity index (χ4v) is 1.11. The van der Waals surface area contributed by atoms with Gasteiger partial charge < -0.3 is 10.6 Å². The van der Waals surface area contributed by atoms with Crippen LogP contribution in [0.15, 0.2) is 0 Å². The first-order valence-corrected chi connectivity index (χ1v) is 2.90. The first kappa shape index (κ1) is 5.01. The number of carbonyl (C=O) groups is 1. The number of hydrogen-bond acceptors (Lipinski definition) is 3. The lowest BCUT2D eigenvalue weighted by Crippen LogP contribution is -2.39. The van der Waals surface area contributed by atoms with Crippen molar-refractivity contribution in [3.05, 3.63) is 0 Å². The van der Waals surface area contributed by atoms with Gasteiger partial charge in [0.25, 0.3) is 0 Å². The zero-order valence-corrected chi connectivity index (χ0v) is 4.77. The summed E-state index contributed by atoms with van der Waals surface area (Å²) in [5.41, 5.74) is 0. The molecule has 2 aliphatic rings. The molecular weight excluding hydrogens is 120 g/mol. The predicted octanol–water partition coefficient (Wildman–Crippen LogP) is -1.90. The smallest absolute Gasteiger partial charge is 0.317 e. The molecule has 2 fully saturated rings. The Morgan fingerprint density at radius 2 is 1.78 bits per heavy atom. The average Bonchev–Trinajstić information content (AvgIpc) is 2.22. The maximum Gasteiger partial charge on any atom is 0.317 e. The third-order valence-corrected chi connectivity index (χ3v) is 1.55. The molecule has 5 nitrogen and oxygen atoms in total.